The van der Waals surface area contributed by atoms with Gasteiger partial charge < -0.3 is 9.15 Å². The first kappa shape index (κ1) is 14.0. The molecule has 0 aliphatic heterocycles. The summed E-state index contributed by atoms with van der Waals surface area (Å²) in [5.41, 5.74) is 1.56. The number of esters is 1. The lowest BCUT2D eigenvalue weighted by molar-refractivity contribution is 0.0550. The molecule has 0 fully saturated rings. The Labute approximate surface area is 125 Å². The number of benzene rings is 2. The van der Waals surface area contributed by atoms with Gasteiger partial charge in [-0.2, -0.15) is 0 Å². The highest BCUT2D eigenvalue weighted by Crippen LogP contribution is 2.26. The van der Waals surface area contributed by atoms with E-state index in [9.17, 15) is 9.18 Å². The maximum absolute atomic E-state index is 13.8. The second-order valence-corrected chi connectivity index (χ2v) is 4.57. The topological polar surface area (TPSA) is 52.3 Å². The molecule has 0 unspecified atom stereocenters. The van der Waals surface area contributed by atoms with Crippen LogP contribution < -0.4 is 0 Å². The number of fused-ring (bicyclic) bond motifs is 1. The summed E-state index contributed by atoms with van der Waals surface area (Å²) in [6.45, 7) is 3.62. The van der Waals surface area contributed by atoms with E-state index >= 15 is 0 Å². The first-order valence-electron chi connectivity index (χ1n) is 6.62. The van der Waals surface area contributed by atoms with Crippen LogP contribution in [0.2, 0.25) is 0 Å². The summed E-state index contributed by atoms with van der Waals surface area (Å²) in [5.74, 6) is -0.721. The van der Waals surface area contributed by atoms with Gasteiger partial charge >= 0.3 is 5.97 Å². The number of carbonyl (C=O) groups is 1. The molecular weight excluding hydrogens is 285 g/mol. The summed E-state index contributed by atoms with van der Waals surface area (Å²) in [4.78, 5) is 16.0. The van der Waals surface area contributed by atoms with E-state index in [1.807, 2.05) is 0 Å². The summed E-state index contributed by atoms with van der Waals surface area (Å²) in [6.07, 6.45) is 1.49. The predicted octanol–water partition coefficient (Wildman–Crippen LogP) is 3.98. The monoisotopic (exact) mass is 297 g/mol. The van der Waals surface area contributed by atoms with Crippen molar-refractivity contribution in [3.05, 3.63) is 66.5 Å². The number of hydrogen-bond acceptors (Lipinski definition) is 4. The smallest absolute Gasteiger partial charge is 0.338 e. The largest absolute Gasteiger partial charge is 0.458 e. The van der Waals surface area contributed by atoms with Crippen molar-refractivity contribution in [1.29, 1.82) is 0 Å². The van der Waals surface area contributed by atoms with Crippen LogP contribution in [-0.2, 0) is 4.74 Å². The van der Waals surface area contributed by atoms with Gasteiger partial charge in [0.2, 0.25) is 5.89 Å². The molecule has 0 aliphatic rings. The van der Waals surface area contributed by atoms with Crippen LogP contribution in [0, 0.1) is 5.82 Å². The number of oxazole rings is 1. The zero-order valence-corrected chi connectivity index (χ0v) is 11.6. The first-order chi connectivity index (χ1) is 10.7. The molecule has 0 bridgehead atoms. The molecule has 0 N–H and O–H groups in total. The third-order valence-electron chi connectivity index (χ3n) is 3.06. The van der Waals surface area contributed by atoms with Crippen molar-refractivity contribution >= 4 is 17.1 Å². The van der Waals surface area contributed by atoms with E-state index in [0.717, 1.165) is 0 Å². The molecule has 0 amide bonds. The number of nitrogens with zero attached hydrogens (tertiary/aromatic N) is 1. The van der Waals surface area contributed by atoms with Crippen molar-refractivity contribution in [2.24, 2.45) is 0 Å². The standard InChI is InChI=1S/C17H12FNO3/c1-2-9-21-17(20)11-7-8-15-14(10-11)19-16(22-15)12-5-3-4-6-13(12)18/h2-8,10H,1,9H2. The number of ether oxygens (including phenoxy) is 1. The fourth-order valence-corrected chi connectivity index (χ4v) is 2.02. The first-order valence-corrected chi connectivity index (χ1v) is 6.62. The third kappa shape index (κ3) is 2.61. The van der Waals surface area contributed by atoms with Crippen LogP contribution in [0.15, 0.2) is 59.5 Å². The molecule has 0 saturated carbocycles. The Morgan fingerprint density at radius 1 is 1.32 bits per heavy atom. The number of carbonyl (C=O) groups excluding carboxylic acids is 1. The van der Waals surface area contributed by atoms with Gasteiger partial charge in [-0.05, 0) is 30.3 Å². The SMILES string of the molecule is C=CCOC(=O)c1ccc2oc(-c3ccccc3F)nc2c1. The molecule has 110 valence electrons. The summed E-state index contributed by atoms with van der Waals surface area (Å²) in [6, 6.07) is 10.9. The fourth-order valence-electron chi connectivity index (χ4n) is 2.02. The Bertz CT molecular complexity index is 854. The van der Waals surface area contributed by atoms with Gasteiger partial charge in [0, 0.05) is 0 Å². The molecule has 22 heavy (non-hydrogen) atoms. The quantitative estimate of drug-likeness (QED) is 0.540. The van der Waals surface area contributed by atoms with Crippen LogP contribution >= 0.6 is 0 Å². The van der Waals surface area contributed by atoms with Gasteiger partial charge in [0.25, 0.3) is 0 Å². The molecule has 0 spiro atoms. The molecule has 0 aliphatic carbocycles. The number of rotatable bonds is 4. The van der Waals surface area contributed by atoms with Crippen LogP contribution in [0.1, 0.15) is 10.4 Å². The maximum atomic E-state index is 13.8. The van der Waals surface area contributed by atoms with Crippen molar-refractivity contribution in [3.8, 4) is 11.5 Å². The lowest BCUT2D eigenvalue weighted by Crippen LogP contribution is -2.04. The van der Waals surface area contributed by atoms with Crippen LogP contribution in [0.5, 0.6) is 0 Å². The van der Waals surface area contributed by atoms with Gasteiger partial charge in [-0.15, -0.1) is 0 Å². The van der Waals surface area contributed by atoms with E-state index in [1.54, 1.807) is 36.4 Å². The second kappa shape index (κ2) is 5.81. The van der Waals surface area contributed by atoms with Gasteiger partial charge in [0.05, 0.1) is 11.1 Å². The molecule has 0 saturated heterocycles. The summed E-state index contributed by atoms with van der Waals surface area (Å²) >= 11 is 0. The average Bonchev–Trinajstić information content (AvgIpc) is 2.95. The Kier molecular flexibility index (Phi) is 3.70. The fraction of sp³-hybridized carbons (Fsp3) is 0.0588. The minimum Gasteiger partial charge on any atom is -0.458 e. The molecule has 5 heteroatoms. The van der Waals surface area contributed by atoms with Crippen molar-refractivity contribution in [3.63, 3.8) is 0 Å². The van der Waals surface area contributed by atoms with Crippen LogP contribution in [0.25, 0.3) is 22.6 Å². The minimum atomic E-state index is -0.475. The van der Waals surface area contributed by atoms with Crippen molar-refractivity contribution in [1.82, 2.24) is 4.98 Å². The highest BCUT2D eigenvalue weighted by atomic mass is 19.1. The second-order valence-electron chi connectivity index (χ2n) is 4.57. The molecule has 1 aromatic heterocycles. The van der Waals surface area contributed by atoms with Crippen LogP contribution in [-0.4, -0.2) is 17.6 Å². The molecule has 1 heterocycles. The van der Waals surface area contributed by atoms with Gasteiger partial charge in [0.1, 0.15) is 17.9 Å². The van der Waals surface area contributed by atoms with E-state index in [2.05, 4.69) is 11.6 Å². The van der Waals surface area contributed by atoms with E-state index in [1.165, 1.54) is 12.1 Å². The molecule has 4 nitrogen and oxygen atoms in total. The Morgan fingerprint density at radius 2 is 2.14 bits per heavy atom. The molecule has 3 rings (SSSR count). The lowest BCUT2D eigenvalue weighted by atomic mass is 10.2. The zero-order valence-electron chi connectivity index (χ0n) is 11.6. The van der Waals surface area contributed by atoms with E-state index in [0.29, 0.717) is 16.7 Å². The molecule has 0 radical (unpaired) electrons. The number of hydrogen-bond donors (Lipinski definition) is 0. The molecular formula is C17H12FNO3. The van der Waals surface area contributed by atoms with Crippen molar-refractivity contribution < 1.29 is 18.3 Å². The van der Waals surface area contributed by atoms with E-state index < -0.39 is 11.8 Å². The molecule has 3 aromatic rings. The normalized spacial score (nSPS) is 10.6. The minimum absolute atomic E-state index is 0.135. The van der Waals surface area contributed by atoms with Gasteiger partial charge in [-0.25, -0.2) is 14.2 Å². The third-order valence-corrected chi connectivity index (χ3v) is 3.06. The average molecular weight is 297 g/mol. The van der Waals surface area contributed by atoms with Gasteiger partial charge in [0.15, 0.2) is 5.58 Å². The Morgan fingerprint density at radius 3 is 2.91 bits per heavy atom. The van der Waals surface area contributed by atoms with Crippen molar-refractivity contribution in [2.45, 2.75) is 0 Å². The van der Waals surface area contributed by atoms with Gasteiger partial charge in [-0.3, -0.25) is 0 Å². The number of halogens is 1. The Balaban J connectivity index is 1.99. The molecule has 0 atom stereocenters. The Hall–Kier alpha value is -2.95. The molecule has 2 aromatic carbocycles. The maximum Gasteiger partial charge on any atom is 0.338 e. The zero-order chi connectivity index (χ0) is 15.5. The summed E-state index contributed by atoms with van der Waals surface area (Å²) < 4.78 is 24.3. The van der Waals surface area contributed by atoms with Gasteiger partial charge in [-0.1, -0.05) is 24.8 Å². The van der Waals surface area contributed by atoms with Crippen molar-refractivity contribution in [2.75, 3.05) is 6.61 Å². The number of aromatic nitrogens is 1. The highest BCUT2D eigenvalue weighted by molar-refractivity contribution is 5.93. The summed E-state index contributed by atoms with van der Waals surface area (Å²) in [5, 5.41) is 0. The van der Waals surface area contributed by atoms with Crippen LogP contribution in [0.4, 0.5) is 4.39 Å². The van der Waals surface area contributed by atoms with E-state index in [4.69, 9.17) is 9.15 Å². The van der Waals surface area contributed by atoms with Crippen LogP contribution in [0.3, 0.4) is 0 Å². The highest BCUT2D eigenvalue weighted by Gasteiger charge is 2.14. The lowest BCUT2D eigenvalue weighted by Gasteiger charge is -2.00. The predicted molar refractivity (Wildman–Crippen MR) is 79.9 cm³/mol. The summed E-state index contributed by atoms with van der Waals surface area (Å²) in [7, 11) is 0. The van der Waals surface area contributed by atoms with E-state index in [-0.39, 0.29) is 18.1 Å².